The van der Waals surface area contributed by atoms with Gasteiger partial charge in [0.2, 0.25) is 0 Å². The van der Waals surface area contributed by atoms with Crippen LogP contribution in [0.3, 0.4) is 0 Å². The molecule has 4 heteroatoms. The van der Waals surface area contributed by atoms with Crippen molar-refractivity contribution in [3.05, 3.63) is 36.2 Å². The smallest absolute Gasteiger partial charge is 0.135 e. The van der Waals surface area contributed by atoms with Gasteiger partial charge in [-0.2, -0.15) is 0 Å². The summed E-state index contributed by atoms with van der Waals surface area (Å²) in [4.78, 5) is 19.4. The minimum atomic E-state index is -0.402. The van der Waals surface area contributed by atoms with Gasteiger partial charge in [0.1, 0.15) is 11.3 Å². The predicted octanol–water partition coefficient (Wildman–Crippen LogP) is 3.02. The molecule has 0 aromatic heterocycles. The number of carbonyl (C=O) groups excluding carboxylic acids is 1. The third-order valence-corrected chi connectivity index (χ3v) is 4.98. The summed E-state index contributed by atoms with van der Waals surface area (Å²) in [6, 6.07) is 0. The highest BCUT2D eigenvalue weighted by atomic mass is 16.5. The van der Waals surface area contributed by atoms with E-state index in [2.05, 4.69) is 24.6 Å². The molecule has 4 nitrogen and oxygen atoms in total. The molecule has 0 aromatic carbocycles. The second-order valence-electron chi connectivity index (χ2n) is 6.39. The molecule has 3 rings (SSSR count). The molecule has 0 aromatic rings. The van der Waals surface area contributed by atoms with Gasteiger partial charge in [-0.3, -0.25) is 9.79 Å². The average Bonchev–Trinajstić information content (AvgIpc) is 2.51. The first-order valence-corrected chi connectivity index (χ1v) is 8.00. The van der Waals surface area contributed by atoms with Crippen LogP contribution in [0.2, 0.25) is 0 Å². The van der Waals surface area contributed by atoms with Crippen LogP contribution in [0.5, 0.6) is 0 Å². The topological polar surface area (TPSA) is 41.9 Å². The monoisotopic (exact) mass is 300 g/mol. The van der Waals surface area contributed by atoms with E-state index in [4.69, 9.17) is 9.73 Å². The predicted molar refractivity (Wildman–Crippen MR) is 87.8 cm³/mol. The Morgan fingerprint density at radius 3 is 3.05 bits per heavy atom. The molecule has 2 aliphatic carbocycles. The molecule has 1 fully saturated rings. The van der Waals surface area contributed by atoms with Crippen molar-refractivity contribution in [3.63, 3.8) is 0 Å². The summed E-state index contributed by atoms with van der Waals surface area (Å²) in [5.41, 5.74) is 2.93. The fraction of sp³-hybridized carbons (Fsp3) is 0.556. The van der Waals surface area contributed by atoms with Crippen molar-refractivity contribution in [3.8, 4) is 0 Å². The van der Waals surface area contributed by atoms with Gasteiger partial charge in [-0.15, -0.1) is 0 Å². The Kier molecular flexibility index (Phi) is 4.04. The minimum Gasteiger partial charge on any atom is -0.381 e. The van der Waals surface area contributed by atoms with Crippen molar-refractivity contribution in [2.75, 3.05) is 14.2 Å². The number of Topliss-reactive ketones (excluding diaryl/α,β-unsaturated/α-hetero) is 1. The molecule has 2 atom stereocenters. The minimum absolute atomic E-state index is 0.192. The zero-order valence-corrected chi connectivity index (χ0v) is 13.5. The molecule has 1 saturated carbocycles. The zero-order chi connectivity index (χ0) is 15.7. The largest absolute Gasteiger partial charge is 0.381 e. The highest BCUT2D eigenvalue weighted by Gasteiger charge is 2.45. The Labute approximate surface area is 132 Å². The zero-order valence-electron chi connectivity index (χ0n) is 13.5. The molecule has 1 heterocycles. The van der Waals surface area contributed by atoms with Crippen molar-refractivity contribution in [2.24, 2.45) is 4.99 Å². The summed E-state index contributed by atoms with van der Waals surface area (Å²) in [7, 11) is 3.82. The number of methoxy groups -OCH3 is 1. The molecule has 0 amide bonds. The molecule has 0 saturated heterocycles. The second-order valence-corrected chi connectivity index (χ2v) is 6.39. The molecule has 0 N–H and O–H groups in total. The number of ether oxygens (including phenoxy) is 1. The van der Waals surface area contributed by atoms with E-state index in [1.807, 2.05) is 6.08 Å². The van der Waals surface area contributed by atoms with Crippen LogP contribution < -0.4 is 0 Å². The lowest BCUT2D eigenvalue weighted by atomic mass is 9.76. The maximum Gasteiger partial charge on any atom is 0.135 e. The van der Waals surface area contributed by atoms with E-state index in [0.29, 0.717) is 18.6 Å². The lowest BCUT2D eigenvalue weighted by Crippen LogP contribution is -2.48. The molecule has 2 unspecified atom stereocenters. The first-order valence-electron chi connectivity index (χ1n) is 8.00. The number of fused-ring (bicyclic) bond motifs is 1. The van der Waals surface area contributed by atoms with Crippen LogP contribution in [0.25, 0.3) is 0 Å². The van der Waals surface area contributed by atoms with E-state index < -0.39 is 5.54 Å². The number of rotatable bonds is 2. The molecule has 1 spiro atoms. The van der Waals surface area contributed by atoms with Gasteiger partial charge in [0.05, 0.1) is 17.5 Å². The third kappa shape index (κ3) is 2.45. The summed E-state index contributed by atoms with van der Waals surface area (Å²) < 4.78 is 5.50. The molecule has 22 heavy (non-hydrogen) atoms. The molecule has 1 aliphatic heterocycles. The maximum atomic E-state index is 12.1. The Balaban J connectivity index is 2.08. The number of likely N-dealkylation sites (N-methyl/N-ethyl adjacent to an activating group) is 1. The number of allylic oxidation sites excluding steroid dienone is 3. The van der Waals surface area contributed by atoms with Gasteiger partial charge in [-0.05, 0) is 25.3 Å². The first kappa shape index (κ1) is 15.2. The fourth-order valence-electron chi connectivity index (χ4n) is 3.91. The maximum absolute atomic E-state index is 12.1. The van der Waals surface area contributed by atoms with Crippen molar-refractivity contribution in [2.45, 2.75) is 50.2 Å². The van der Waals surface area contributed by atoms with Crippen molar-refractivity contribution >= 4 is 11.5 Å². The number of hydrogen-bond acceptors (Lipinski definition) is 4. The van der Waals surface area contributed by atoms with Crippen LogP contribution in [-0.2, 0) is 9.53 Å². The summed E-state index contributed by atoms with van der Waals surface area (Å²) in [5, 5.41) is 0. The Hall–Kier alpha value is -1.68. The highest BCUT2D eigenvalue weighted by molar-refractivity contribution is 6.02. The van der Waals surface area contributed by atoms with E-state index in [0.717, 1.165) is 42.8 Å². The lowest BCUT2D eigenvalue weighted by Gasteiger charge is -2.46. The van der Waals surface area contributed by atoms with Crippen molar-refractivity contribution in [1.82, 2.24) is 4.90 Å². The van der Waals surface area contributed by atoms with Gasteiger partial charge in [-0.1, -0.05) is 18.7 Å². The van der Waals surface area contributed by atoms with Crippen LogP contribution in [-0.4, -0.2) is 42.2 Å². The molecule has 118 valence electrons. The lowest BCUT2D eigenvalue weighted by molar-refractivity contribution is -0.121. The molecule has 0 radical (unpaired) electrons. The van der Waals surface area contributed by atoms with E-state index >= 15 is 0 Å². The molecular formula is C18H24N2O2. The highest BCUT2D eigenvalue weighted by Crippen LogP contribution is 2.43. The van der Waals surface area contributed by atoms with E-state index in [1.54, 1.807) is 13.2 Å². The summed E-state index contributed by atoms with van der Waals surface area (Å²) >= 11 is 0. The van der Waals surface area contributed by atoms with Crippen LogP contribution in [0, 0.1) is 0 Å². The molecule has 0 bridgehead atoms. The van der Waals surface area contributed by atoms with Crippen molar-refractivity contribution < 1.29 is 9.53 Å². The standard InChI is InChI=1S/C18H24N2O2/c1-4-6-17-18(10-5-7-13(21)12-18)19-15-11-14(22-3)8-9-16(15)20(17)2/h4,6,9,14H,1,5,7-8,10-12H2,2-3H3. The number of aliphatic imine (C=N–C) groups is 1. The van der Waals surface area contributed by atoms with Crippen LogP contribution in [0.15, 0.2) is 41.2 Å². The van der Waals surface area contributed by atoms with Gasteiger partial charge in [-0.25, -0.2) is 0 Å². The third-order valence-electron chi connectivity index (χ3n) is 4.98. The summed E-state index contributed by atoms with van der Waals surface area (Å²) in [6.45, 7) is 3.84. The van der Waals surface area contributed by atoms with E-state index in [9.17, 15) is 4.79 Å². The number of nitrogens with zero attached hydrogens (tertiary/aromatic N) is 2. The van der Waals surface area contributed by atoms with Crippen molar-refractivity contribution in [1.29, 1.82) is 0 Å². The van der Waals surface area contributed by atoms with Gasteiger partial charge in [0, 0.05) is 39.1 Å². The van der Waals surface area contributed by atoms with Gasteiger partial charge in [0.15, 0.2) is 0 Å². The molecule has 3 aliphatic rings. The van der Waals surface area contributed by atoms with Crippen LogP contribution in [0.1, 0.15) is 38.5 Å². The first-order chi connectivity index (χ1) is 10.6. The number of carbonyl (C=O) groups is 1. The van der Waals surface area contributed by atoms with E-state index in [1.165, 1.54) is 0 Å². The summed E-state index contributed by atoms with van der Waals surface area (Å²) in [5.74, 6) is 0.311. The van der Waals surface area contributed by atoms with Gasteiger partial charge >= 0.3 is 0 Å². The quantitative estimate of drug-likeness (QED) is 0.787. The Bertz CT molecular complexity index is 588. The summed E-state index contributed by atoms with van der Waals surface area (Å²) in [6.07, 6.45) is 11.0. The fourth-order valence-corrected chi connectivity index (χ4v) is 3.91. The molecular weight excluding hydrogens is 276 g/mol. The van der Waals surface area contributed by atoms with Crippen LogP contribution >= 0.6 is 0 Å². The van der Waals surface area contributed by atoms with E-state index in [-0.39, 0.29) is 6.10 Å². The Morgan fingerprint density at radius 2 is 2.36 bits per heavy atom. The van der Waals surface area contributed by atoms with Gasteiger partial charge < -0.3 is 9.64 Å². The number of ketones is 1. The Morgan fingerprint density at radius 1 is 1.55 bits per heavy atom. The SMILES string of the molecule is C=CC=C1N(C)C2=CCC(OC)CC2=NC12CCCC(=O)C2. The average molecular weight is 300 g/mol. The second kappa shape index (κ2) is 5.84. The normalized spacial score (nSPS) is 33.5. The number of hydrogen-bond donors (Lipinski definition) is 0. The van der Waals surface area contributed by atoms with Gasteiger partial charge in [0.25, 0.3) is 0 Å². The van der Waals surface area contributed by atoms with Crippen LogP contribution in [0.4, 0.5) is 0 Å².